The molecule has 0 atom stereocenters. The first kappa shape index (κ1) is 13.2. The zero-order valence-corrected chi connectivity index (χ0v) is 11.4. The summed E-state index contributed by atoms with van der Waals surface area (Å²) in [4.78, 5) is 2.43. The molecule has 1 aromatic rings. The third-order valence-electron chi connectivity index (χ3n) is 3.40. The van der Waals surface area contributed by atoms with Crippen molar-refractivity contribution in [1.29, 1.82) is 0 Å². The van der Waals surface area contributed by atoms with Crippen molar-refractivity contribution in [1.82, 2.24) is 0 Å². The van der Waals surface area contributed by atoms with Gasteiger partial charge < -0.3 is 15.3 Å². The normalized spacial score (nSPS) is 16.1. The third-order valence-corrected chi connectivity index (χ3v) is 3.40. The van der Waals surface area contributed by atoms with Crippen LogP contribution in [0.25, 0.3) is 0 Å². The highest BCUT2D eigenvalue weighted by molar-refractivity contribution is 5.55. The molecule has 0 aliphatic carbocycles. The fraction of sp³-hybridized carbons (Fsp3) is 0.600. The lowest BCUT2D eigenvalue weighted by molar-refractivity contribution is 0.0749. The Morgan fingerprint density at radius 2 is 1.78 bits per heavy atom. The average molecular weight is 248 g/mol. The van der Waals surface area contributed by atoms with Gasteiger partial charge in [0.2, 0.25) is 0 Å². The molecule has 1 aliphatic rings. The maximum absolute atomic E-state index is 9.64. The maximum atomic E-state index is 9.64. The van der Waals surface area contributed by atoms with Gasteiger partial charge >= 0.3 is 0 Å². The second-order valence-corrected chi connectivity index (χ2v) is 5.73. The van der Waals surface area contributed by atoms with E-state index in [1.807, 2.05) is 13.8 Å². The zero-order valence-electron chi connectivity index (χ0n) is 11.4. The van der Waals surface area contributed by atoms with Crippen LogP contribution in [-0.2, 0) is 0 Å². The van der Waals surface area contributed by atoms with Crippen LogP contribution in [0.1, 0.15) is 33.1 Å². The molecule has 0 saturated carbocycles. The number of benzene rings is 1. The standard InChI is InChI=1S/C15H24N2O/c1-15(2,18)9-10-16-13-5-7-14(8-6-13)17-11-3-4-12-17/h5-8,16,18H,3-4,9-12H2,1-2H3. The molecule has 0 aromatic heterocycles. The second kappa shape index (κ2) is 5.61. The smallest absolute Gasteiger partial charge is 0.0608 e. The predicted molar refractivity (Wildman–Crippen MR) is 77.3 cm³/mol. The van der Waals surface area contributed by atoms with E-state index in [4.69, 9.17) is 0 Å². The minimum atomic E-state index is -0.595. The SMILES string of the molecule is CC(C)(O)CCNc1ccc(N2CCCC2)cc1. The predicted octanol–water partition coefficient (Wildman–Crippen LogP) is 2.86. The molecule has 1 saturated heterocycles. The Morgan fingerprint density at radius 1 is 1.17 bits per heavy atom. The first-order chi connectivity index (χ1) is 8.54. The van der Waals surface area contributed by atoms with E-state index < -0.39 is 5.60 Å². The third kappa shape index (κ3) is 3.91. The van der Waals surface area contributed by atoms with Crippen molar-refractivity contribution in [2.45, 2.75) is 38.7 Å². The van der Waals surface area contributed by atoms with Gasteiger partial charge in [0.05, 0.1) is 5.60 Å². The lowest BCUT2D eigenvalue weighted by atomic mass is 10.1. The molecule has 0 radical (unpaired) electrons. The van der Waals surface area contributed by atoms with Crippen molar-refractivity contribution >= 4 is 11.4 Å². The first-order valence-corrected chi connectivity index (χ1v) is 6.86. The van der Waals surface area contributed by atoms with Gasteiger partial charge in [0.15, 0.2) is 0 Å². The number of rotatable bonds is 5. The van der Waals surface area contributed by atoms with Crippen LogP contribution in [0.5, 0.6) is 0 Å². The van der Waals surface area contributed by atoms with Crippen molar-refractivity contribution in [3.05, 3.63) is 24.3 Å². The molecule has 0 unspecified atom stereocenters. The molecular formula is C15H24N2O. The topological polar surface area (TPSA) is 35.5 Å². The fourth-order valence-corrected chi connectivity index (χ4v) is 2.28. The zero-order chi connectivity index (χ0) is 13.0. The molecule has 1 aliphatic heterocycles. The summed E-state index contributed by atoms with van der Waals surface area (Å²) in [5, 5.41) is 13.0. The minimum absolute atomic E-state index is 0.595. The van der Waals surface area contributed by atoms with Crippen molar-refractivity contribution in [3.63, 3.8) is 0 Å². The number of anilines is 2. The molecule has 2 N–H and O–H groups in total. The number of hydrogen-bond donors (Lipinski definition) is 2. The molecule has 1 fully saturated rings. The van der Waals surface area contributed by atoms with Gasteiger partial charge in [-0.2, -0.15) is 0 Å². The van der Waals surface area contributed by atoms with Crippen molar-refractivity contribution < 1.29 is 5.11 Å². The Labute approximate surface area is 110 Å². The Hall–Kier alpha value is -1.22. The van der Waals surface area contributed by atoms with Crippen LogP contribution >= 0.6 is 0 Å². The van der Waals surface area contributed by atoms with Gasteiger partial charge in [-0.15, -0.1) is 0 Å². The van der Waals surface area contributed by atoms with Gasteiger partial charge in [-0.1, -0.05) is 0 Å². The van der Waals surface area contributed by atoms with Gasteiger partial charge in [0.1, 0.15) is 0 Å². The van der Waals surface area contributed by atoms with E-state index in [1.54, 1.807) is 0 Å². The summed E-state index contributed by atoms with van der Waals surface area (Å²) in [6.45, 7) is 6.85. The number of aliphatic hydroxyl groups is 1. The molecule has 3 heteroatoms. The van der Waals surface area contributed by atoms with E-state index in [-0.39, 0.29) is 0 Å². The number of nitrogens with one attached hydrogen (secondary N) is 1. The summed E-state index contributed by atoms with van der Waals surface area (Å²) in [5.41, 5.74) is 1.85. The van der Waals surface area contributed by atoms with Gasteiger partial charge in [-0.05, 0) is 57.4 Å². The fourth-order valence-electron chi connectivity index (χ4n) is 2.28. The summed E-state index contributed by atoms with van der Waals surface area (Å²) in [7, 11) is 0. The maximum Gasteiger partial charge on any atom is 0.0608 e. The summed E-state index contributed by atoms with van der Waals surface area (Å²) in [6.07, 6.45) is 3.37. The number of hydrogen-bond acceptors (Lipinski definition) is 3. The molecule has 1 heterocycles. The Balaban J connectivity index is 1.84. The Kier molecular flexibility index (Phi) is 4.12. The quantitative estimate of drug-likeness (QED) is 0.841. The first-order valence-electron chi connectivity index (χ1n) is 6.86. The minimum Gasteiger partial charge on any atom is -0.390 e. The van der Waals surface area contributed by atoms with Gasteiger partial charge in [-0.3, -0.25) is 0 Å². The lowest BCUT2D eigenvalue weighted by Crippen LogP contribution is -2.22. The molecule has 100 valence electrons. The Morgan fingerprint density at radius 3 is 2.33 bits per heavy atom. The van der Waals surface area contributed by atoms with Crippen LogP contribution in [0, 0.1) is 0 Å². The van der Waals surface area contributed by atoms with Crippen LogP contribution < -0.4 is 10.2 Å². The molecule has 2 rings (SSSR count). The van der Waals surface area contributed by atoms with Gasteiger partial charge in [0, 0.05) is 31.0 Å². The summed E-state index contributed by atoms with van der Waals surface area (Å²) in [5.74, 6) is 0. The largest absolute Gasteiger partial charge is 0.390 e. The van der Waals surface area contributed by atoms with Crippen LogP contribution in [0.2, 0.25) is 0 Å². The van der Waals surface area contributed by atoms with E-state index in [9.17, 15) is 5.11 Å². The van der Waals surface area contributed by atoms with Crippen LogP contribution in [0.15, 0.2) is 24.3 Å². The highest BCUT2D eigenvalue weighted by Crippen LogP contribution is 2.22. The molecule has 0 bridgehead atoms. The summed E-state index contributed by atoms with van der Waals surface area (Å²) in [6, 6.07) is 8.60. The van der Waals surface area contributed by atoms with Crippen molar-refractivity contribution in [3.8, 4) is 0 Å². The van der Waals surface area contributed by atoms with Crippen LogP contribution in [-0.4, -0.2) is 30.3 Å². The monoisotopic (exact) mass is 248 g/mol. The van der Waals surface area contributed by atoms with Crippen LogP contribution in [0.4, 0.5) is 11.4 Å². The highest BCUT2D eigenvalue weighted by Gasteiger charge is 2.12. The van der Waals surface area contributed by atoms with Crippen LogP contribution in [0.3, 0.4) is 0 Å². The van der Waals surface area contributed by atoms with E-state index in [2.05, 4.69) is 34.5 Å². The van der Waals surface area contributed by atoms with Gasteiger partial charge in [-0.25, -0.2) is 0 Å². The molecule has 18 heavy (non-hydrogen) atoms. The second-order valence-electron chi connectivity index (χ2n) is 5.73. The average Bonchev–Trinajstić information content (AvgIpc) is 2.82. The van der Waals surface area contributed by atoms with Crippen molar-refractivity contribution in [2.75, 3.05) is 29.9 Å². The molecule has 3 nitrogen and oxygen atoms in total. The Bertz CT molecular complexity index is 361. The molecule has 0 spiro atoms. The van der Waals surface area contributed by atoms with E-state index in [0.29, 0.717) is 0 Å². The van der Waals surface area contributed by atoms with E-state index in [1.165, 1.54) is 31.6 Å². The summed E-state index contributed by atoms with van der Waals surface area (Å²) < 4.78 is 0. The molecule has 1 aromatic carbocycles. The summed E-state index contributed by atoms with van der Waals surface area (Å²) >= 11 is 0. The lowest BCUT2D eigenvalue weighted by Gasteiger charge is -2.19. The number of nitrogens with zero attached hydrogens (tertiary/aromatic N) is 1. The molecular weight excluding hydrogens is 224 g/mol. The highest BCUT2D eigenvalue weighted by atomic mass is 16.3. The van der Waals surface area contributed by atoms with E-state index >= 15 is 0 Å². The van der Waals surface area contributed by atoms with Crippen molar-refractivity contribution in [2.24, 2.45) is 0 Å². The van der Waals surface area contributed by atoms with E-state index in [0.717, 1.165) is 18.7 Å². The molecule has 0 amide bonds. The van der Waals surface area contributed by atoms with Gasteiger partial charge in [0.25, 0.3) is 0 Å².